The van der Waals surface area contributed by atoms with Crippen LogP contribution in [0.5, 0.6) is 0 Å². The summed E-state index contributed by atoms with van der Waals surface area (Å²) in [6.07, 6.45) is 3.42. The number of rotatable bonds is 2. The van der Waals surface area contributed by atoms with Crippen molar-refractivity contribution in [2.45, 2.75) is 31.7 Å². The lowest BCUT2D eigenvalue weighted by molar-refractivity contribution is -0.131. The minimum absolute atomic E-state index is 0.0570. The molecule has 0 radical (unpaired) electrons. The minimum atomic E-state index is 0.0570. The number of likely N-dealkylation sites (N-methyl/N-ethyl adjacent to an activating group) is 1. The molecule has 0 atom stereocenters. The van der Waals surface area contributed by atoms with Crippen molar-refractivity contribution < 1.29 is 4.79 Å². The van der Waals surface area contributed by atoms with Gasteiger partial charge in [0.2, 0.25) is 5.91 Å². The van der Waals surface area contributed by atoms with Gasteiger partial charge in [-0.15, -0.1) is 0 Å². The topological polar surface area (TPSA) is 32.3 Å². The molecule has 1 N–H and O–H groups in total. The van der Waals surface area contributed by atoms with Crippen molar-refractivity contribution in [1.29, 1.82) is 0 Å². The molecule has 0 aromatic heterocycles. The summed E-state index contributed by atoms with van der Waals surface area (Å²) in [5.74, 6) is 0.601. The average molecular weight is 182 g/mol. The number of likely N-dealkylation sites (tertiary alicyclic amines) is 1. The maximum Gasteiger partial charge on any atom is 0.223 e. The van der Waals surface area contributed by atoms with Gasteiger partial charge in [0.25, 0.3) is 0 Å². The predicted octanol–water partition coefficient (Wildman–Crippen LogP) is 0.607. The molecule has 1 amide bonds. The van der Waals surface area contributed by atoms with Gasteiger partial charge in [-0.25, -0.2) is 0 Å². The Morgan fingerprint density at radius 2 is 2.08 bits per heavy atom. The van der Waals surface area contributed by atoms with Crippen LogP contribution in [0.25, 0.3) is 0 Å². The Hall–Kier alpha value is -0.570. The van der Waals surface area contributed by atoms with Gasteiger partial charge in [-0.1, -0.05) is 6.42 Å². The average Bonchev–Trinajstić information content (AvgIpc) is 1.77. The lowest BCUT2D eigenvalue weighted by Gasteiger charge is -2.47. The zero-order valence-electron chi connectivity index (χ0n) is 8.47. The molecule has 1 saturated carbocycles. The van der Waals surface area contributed by atoms with E-state index in [4.69, 9.17) is 0 Å². The quantitative estimate of drug-likeness (QED) is 0.678. The Balaban J connectivity index is 1.80. The van der Waals surface area contributed by atoms with Gasteiger partial charge in [0.05, 0.1) is 5.54 Å². The number of hydrogen-bond donors (Lipinski definition) is 1. The van der Waals surface area contributed by atoms with Crippen molar-refractivity contribution >= 4 is 5.91 Å². The highest BCUT2D eigenvalue weighted by Crippen LogP contribution is 2.28. The van der Waals surface area contributed by atoms with E-state index in [0.717, 1.165) is 25.9 Å². The van der Waals surface area contributed by atoms with E-state index in [1.54, 1.807) is 0 Å². The van der Waals surface area contributed by atoms with Crippen molar-refractivity contribution in [2.24, 2.45) is 5.92 Å². The molecule has 1 heterocycles. The predicted molar refractivity (Wildman–Crippen MR) is 51.4 cm³/mol. The minimum Gasteiger partial charge on any atom is -0.348 e. The van der Waals surface area contributed by atoms with Gasteiger partial charge in [0, 0.05) is 19.0 Å². The molecule has 1 saturated heterocycles. The van der Waals surface area contributed by atoms with Gasteiger partial charge >= 0.3 is 0 Å². The Morgan fingerprint density at radius 3 is 2.46 bits per heavy atom. The van der Waals surface area contributed by atoms with Gasteiger partial charge in [0.15, 0.2) is 0 Å². The molecule has 2 fully saturated rings. The van der Waals surface area contributed by atoms with E-state index in [1.807, 2.05) is 0 Å². The molecule has 0 spiro atoms. The SMILES string of the molecule is CN1CC(C)(NC(=O)C2CCC2)C1. The van der Waals surface area contributed by atoms with Crippen LogP contribution in [-0.4, -0.2) is 36.5 Å². The van der Waals surface area contributed by atoms with E-state index in [0.29, 0.717) is 5.92 Å². The first kappa shape index (κ1) is 9.00. The Morgan fingerprint density at radius 1 is 1.46 bits per heavy atom. The van der Waals surface area contributed by atoms with Crippen LogP contribution >= 0.6 is 0 Å². The molecule has 1 aliphatic heterocycles. The second-order valence-corrected chi connectivity index (χ2v) is 4.85. The fraction of sp³-hybridized carbons (Fsp3) is 0.900. The van der Waals surface area contributed by atoms with Crippen LogP contribution in [0.1, 0.15) is 26.2 Å². The summed E-state index contributed by atoms with van der Waals surface area (Å²) in [5, 5.41) is 3.14. The first-order chi connectivity index (χ1) is 6.09. The third-order valence-corrected chi connectivity index (χ3v) is 3.14. The molecule has 0 bridgehead atoms. The second-order valence-electron chi connectivity index (χ2n) is 4.85. The Bertz CT molecular complexity index is 217. The lowest BCUT2D eigenvalue weighted by atomic mass is 9.83. The fourth-order valence-corrected chi connectivity index (χ4v) is 2.29. The number of carbonyl (C=O) groups excluding carboxylic acids is 1. The highest BCUT2D eigenvalue weighted by atomic mass is 16.2. The molecular formula is C10H18N2O. The van der Waals surface area contributed by atoms with Crippen LogP contribution in [-0.2, 0) is 4.79 Å². The van der Waals surface area contributed by atoms with Crippen LogP contribution in [0.4, 0.5) is 0 Å². The molecule has 74 valence electrons. The third-order valence-electron chi connectivity index (χ3n) is 3.14. The van der Waals surface area contributed by atoms with Crippen LogP contribution in [0.15, 0.2) is 0 Å². The first-order valence-corrected chi connectivity index (χ1v) is 5.10. The second kappa shape index (κ2) is 2.98. The molecule has 3 heteroatoms. The van der Waals surface area contributed by atoms with Gasteiger partial charge < -0.3 is 10.2 Å². The lowest BCUT2D eigenvalue weighted by Crippen LogP contribution is -2.68. The normalized spacial score (nSPS) is 27.5. The van der Waals surface area contributed by atoms with Crippen LogP contribution in [0.3, 0.4) is 0 Å². The highest BCUT2D eigenvalue weighted by molar-refractivity contribution is 5.80. The van der Waals surface area contributed by atoms with E-state index in [1.165, 1.54) is 6.42 Å². The summed E-state index contributed by atoms with van der Waals surface area (Å²) in [5.41, 5.74) is 0.0570. The smallest absolute Gasteiger partial charge is 0.223 e. The molecule has 0 unspecified atom stereocenters. The largest absolute Gasteiger partial charge is 0.348 e. The molecule has 0 aromatic rings. The van der Waals surface area contributed by atoms with Crippen LogP contribution in [0, 0.1) is 5.92 Å². The van der Waals surface area contributed by atoms with Gasteiger partial charge in [-0.3, -0.25) is 4.79 Å². The van der Waals surface area contributed by atoms with Crippen molar-refractivity contribution in [3.05, 3.63) is 0 Å². The Labute approximate surface area is 79.5 Å². The molecular weight excluding hydrogens is 164 g/mol. The molecule has 3 nitrogen and oxygen atoms in total. The molecule has 2 aliphatic rings. The van der Waals surface area contributed by atoms with Gasteiger partial charge in [-0.2, -0.15) is 0 Å². The summed E-state index contributed by atoms with van der Waals surface area (Å²) in [6.45, 7) is 4.11. The summed E-state index contributed by atoms with van der Waals surface area (Å²) in [7, 11) is 2.08. The van der Waals surface area contributed by atoms with Gasteiger partial charge in [0.1, 0.15) is 0 Å². The summed E-state index contributed by atoms with van der Waals surface area (Å²) in [4.78, 5) is 13.8. The zero-order valence-corrected chi connectivity index (χ0v) is 8.47. The third kappa shape index (κ3) is 1.70. The summed E-state index contributed by atoms with van der Waals surface area (Å²) in [6, 6.07) is 0. The van der Waals surface area contributed by atoms with Crippen LogP contribution in [0.2, 0.25) is 0 Å². The van der Waals surface area contributed by atoms with E-state index >= 15 is 0 Å². The van der Waals surface area contributed by atoms with Crippen molar-refractivity contribution in [3.8, 4) is 0 Å². The van der Waals surface area contributed by atoms with Crippen molar-refractivity contribution in [1.82, 2.24) is 10.2 Å². The maximum absolute atomic E-state index is 11.6. The number of nitrogens with one attached hydrogen (secondary N) is 1. The van der Waals surface area contributed by atoms with E-state index in [-0.39, 0.29) is 11.4 Å². The number of amides is 1. The fourth-order valence-electron chi connectivity index (χ4n) is 2.29. The van der Waals surface area contributed by atoms with Gasteiger partial charge in [-0.05, 0) is 26.8 Å². The molecule has 0 aromatic carbocycles. The van der Waals surface area contributed by atoms with Crippen molar-refractivity contribution in [2.75, 3.05) is 20.1 Å². The van der Waals surface area contributed by atoms with Crippen LogP contribution < -0.4 is 5.32 Å². The molecule has 2 rings (SSSR count). The molecule has 13 heavy (non-hydrogen) atoms. The summed E-state index contributed by atoms with van der Waals surface area (Å²) >= 11 is 0. The van der Waals surface area contributed by atoms with E-state index < -0.39 is 0 Å². The monoisotopic (exact) mass is 182 g/mol. The standard InChI is InChI=1S/C10H18N2O/c1-10(6-12(2)7-10)11-9(13)8-4-3-5-8/h8H,3-7H2,1-2H3,(H,11,13). The molecule has 1 aliphatic carbocycles. The van der Waals surface area contributed by atoms with E-state index in [9.17, 15) is 4.79 Å². The number of nitrogens with zero attached hydrogens (tertiary/aromatic N) is 1. The van der Waals surface area contributed by atoms with Crippen molar-refractivity contribution in [3.63, 3.8) is 0 Å². The zero-order chi connectivity index (χ0) is 9.47. The number of hydrogen-bond acceptors (Lipinski definition) is 2. The Kier molecular flexibility index (Phi) is 2.06. The highest BCUT2D eigenvalue weighted by Gasteiger charge is 2.39. The van der Waals surface area contributed by atoms with E-state index in [2.05, 4.69) is 24.2 Å². The number of carbonyl (C=O) groups is 1. The first-order valence-electron chi connectivity index (χ1n) is 5.10. The maximum atomic E-state index is 11.6. The summed E-state index contributed by atoms with van der Waals surface area (Å²) < 4.78 is 0.